The SMILES string of the molecule is CC(NC(=O)CN)C(=O)NCc1ccc(C(=N)N)cc1.CCc1ccc(C(F)(F)F)cc1. The lowest BCUT2D eigenvalue weighted by atomic mass is 10.1. The number of amides is 2. The molecule has 7 N–H and O–H groups in total. The Morgan fingerprint density at radius 2 is 1.56 bits per heavy atom. The Hall–Kier alpha value is -3.40. The van der Waals surface area contributed by atoms with E-state index in [1.165, 1.54) is 12.1 Å². The zero-order chi connectivity index (χ0) is 24.3. The summed E-state index contributed by atoms with van der Waals surface area (Å²) in [7, 11) is 0. The molecule has 2 amide bonds. The number of nitrogens with two attached hydrogens (primary N) is 2. The second-order valence-corrected chi connectivity index (χ2v) is 6.87. The Morgan fingerprint density at radius 1 is 1.03 bits per heavy atom. The largest absolute Gasteiger partial charge is 0.416 e. The molecule has 32 heavy (non-hydrogen) atoms. The van der Waals surface area contributed by atoms with Crippen molar-refractivity contribution in [1.82, 2.24) is 10.6 Å². The normalized spacial score (nSPS) is 11.6. The van der Waals surface area contributed by atoms with E-state index < -0.39 is 17.8 Å². The predicted octanol–water partition coefficient (Wildman–Crippen LogP) is 2.32. The number of hydrogen-bond donors (Lipinski definition) is 5. The van der Waals surface area contributed by atoms with Gasteiger partial charge in [-0.3, -0.25) is 15.0 Å². The maximum atomic E-state index is 12.0. The van der Waals surface area contributed by atoms with Crippen molar-refractivity contribution >= 4 is 17.6 Å². The number of benzene rings is 2. The summed E-state index contributed by atoms with van der Waals surface area (Å²) in [5.41, 5.74) is 12.3. The van der Waals surface area contributed by atoms with E-state index in [9.17, 15) is 22.8 Å². The topological polar surface area (TPSA) is 134 Å². The van der Waals surface area contributed by atoms with Gasteiger partial charge in [0, 0.05) is 12.1 Å². The average Bonchev–Trinajstić information content (AvgIpc) is 2.77. The Labute approximate surface area is 184 Å². The summed E-state index contributed by atoms with van der Waals surface area (Å²) in [5.74, 6) is -0.667. The molecular weight excluding hydrogens is 423 g/mol. The lowest BCUT2D eigenvalue weighted by molar-refractivity contribution is -0.137. The van der Waals surface area contributed by atoms with E-state index in [2.05, 4.69) is 10.6 Å². The summed E-state index contributed by atoms with van der Waals surface area (Å²) in [6, 6.07) is 11.6. The van der Waals surface area contributed by atoms with Crippen molar-refractivity contribution in [3.63, 3.8) is 0 Å². The van der Waals surface area contributed by atoms with Crippen LogP contribution in [0.25, 0.3) is 0 Å². The van der Waals surface area contributed by atoms with Crippen molar-refractivity contribution in [2.75, 3.05) is 6.54 Å². The van der Waals surface area contributed by atoms with Crippen molar-refractivity contribution in [1.29, 1.82) is 5.41 Å². The Bertz CT molecular complexity index is 897. The number of rotatable bonds is 7. The third-order valence-corrected chi connectivity index (χ3v) is 4.38. The summed E-state index contributed by atoms with van der Waals surface area (Å²) in [6.07, 6.45) is -3.45. The number of hydrogen-bond acceptors (Lipinski definition) is 4. The standard InChI is InChI=1S/C13H19N5O2.C9H9F3/c1-8(18-11(19)6-14)13(20)17-7-9-2-4-10(5-3-9)12(15)16;1-2-7-3-5-8(6-4-7)9(10,11)12/h2-5,8H,6-7,14H2,1H3,(H3,15,16)(H,17,20)(H,18,19);3-6H,2H2,1H3. The number of amidine groups is 1. The first kappa shape index (κ1) is 26.6. The zero-order valence-corrected chi connectivity index (χ0v) is 17.9. The Morgan fingerprint density at radius 3 is 2.00 bits per heavy atom. The van der Waals surface area contributed by atoms with E-state index in [0.717, 1.165) is 29.7 Å². The van der Waals surface area contributed by atoms with Gasteiger partial charge < -0.3 is 22.1 Å². The van der Waals surface area contributed by atoms with Gasteiger partial charge in [0.2, 0.25) is 11.8 Å². The quantitative estimate of drug-likeness (QED) is 0.326. The molecule has 0 fully saturated rings. The van der Waals surface area contributed by atoms with Crippen LogP contribution in [0.2, 0.25) is 0 Å². The van der Waals surface area contributed by atoms with Crippen molar-refractivity contribution < 1.29 is 22.8 Å². The third kappa shape index (κ3) is 9.17. The van der Waals surface area contributed by atoms with E-state index in [-0.39, 0.29) is 24.2 Å². The molecule has 0 aliphatic rings. The van der Waals surface area contributed by atoms with Crippen molar-refractivity contribution in [3.8, 4) is 0 Å². The van der Waals surface area contributed by atoms with Crippen LogP contribution in [-0.2, 0) is 28.7 Å². The number of carbonyl (C=O) groups is 2. The van der Waals surface area contributed by atoms with Gasteiger partial charge in [-0.15, -0.1) is 0 Å². The third-order valence-electron chi connectivity index (χ3n) is 4.38. The second-order valence-electron chi connectivity index (χ2n) is 6.87. The molecular formula is C22H28F3N5O2. The van der Waals surface area contributed by atoms with Gasteiger partial charge in [0.15, 0.2) is 0 Å². The molecule has 2 aromatic carbocycles. The van der Waals surface area contributed by atoms with E-state index in [0.29, 0.717) is 12.1 Å². The van der Waals surface area contributed by atoms with Crippen LogP contribution in [-0.4, -0.2) is 30.2 Å². The lowest BCUT2D eigenvalue weighted by Crippen LogP contribution is -2.46. The maximum absolute atomic E-state index is 12.0. The van der Waals surface area contributed by atoms with Crippen LogP contribution < -0.4 is 22.1 Å². The minimum Gasteiger partial charge on any atom is -0.384 e. The average molecular weight is 451 g/mol. The smallest absolute Gasteiger partial charge is 0.384 e. The van der Waals surface area contributed by atoms with Crippen LogP contribution in [0.4, 0.5) is 13.2 Å². The first-order valence-corrected chi connectivity index (χ1v) is 9.84. The molecule has 0 bridgehead atoms. The first-order valence-electron chi connectivity index (χ1n) is 9.84. The highest BCUT2D eigenvalue weighted by Crippen LogP contribution is 2.29. The molecule has 10 heteroatoms. The van der Waals surface area contributed by atoms with Gasteiger partial charge in [-0.2, -0.15) is 13.2 Å². The number of nitrogen functional groups attached to an aromatic ring is 1. The fraction of sp³-hybridized carbons (Fsp3) is 0.318. The van der Waals surface area contributed by atoms with Gasteiger partial charge in [0.05, 0.1) is 12.1 Å². The van der Waals surface area contributed by atoms with Gasteiger partial charge in [-0.05, 0) is 36.6 Å². The highest BCUT2D eigenvalue weighted by atomic mass is 19.4. The molecule has 0 saturated heterocycles. The van der Waals surface area contributed by atoms with Crippen molar-refractivity contribution in [2.45, 2.75) is 39.0 Å². The lowest BCUT2D eigenvalue weighted by Gasteiger charge is -2.13. The summed E-state index contributed by atoms with van der Waals surface area (Å²) >= 11 is 0. The van der Waals surface area contributed by atoms with E-state index in [1.54, 1.807) is 31.2 Å². The number of alkyl halides is 3. The molecule has 0 aliphatic carbocycles. The molecule has 0 aromatic heterocycles. The molecule has 0 radical (unpaired) electrons. The molecule has 0 aliphatic heterocycles. The van der Waals surface area contributed by atoms with Gasteiger partial charge in [-0.25, -0.2) is 0 Å². The minimum atomic E-state index is -4.22. The van der Waals surface area contributed by atoms with Crippen LogP contribution in [0.15, 0.2) is 48.5 Å². The summed E-state index contributed by atoms with van der Waals surface area (Å²) in [6.45, 7) is 3.67. The summed E-state index contributed by atoms with van der Waals surface area (Å²) < 4.78 is 36.1. The fourth-order valence-electron chi connectivity index (χ4n) is 2.44. The first-order chi connectivity index (χ1) is 15.0. The molecule has 0 spiro atoms. The van der Waals surface area contributed by atoms with E-state index >= 15 is 0 Å². The molecule has 2 aromatic rings. The fourth-order valence-corrected chi connectivity index (χ4v) is 2.44. The highest BCUT2D eigenvalue weighted by Gasteiger charge is 2.29. The summed E-state index contributed by atoms with van der Waals surface area (Å²) in [5, 5.41) is 12.4. The van der Waals surface area contributed by atoms with Gasteiger partial charge >= 0.3 is 6.18 Å². The van der Waals surface area contributed by atoms with E-state index in [1.807, 2.05) is 6.92 Å². The Balaban J connectivity index is 0.000000363. The number of nitrogens with one attached hydrogen (secondary N) is 3. The van der Waals surface area contributed by atoms with Gasteiger partial charge in [-0.1, -0.05) is 43.3 Å². The van der Waals surface area contributed by atoms with Crippen LogP contribution in [0.3, 0.4) is 0 Å². The van der Waals surface area contributed by atoms with Gasteiger partial charge in [0.25, 0.3) is 0 Å². The van der Waals surface area contributed by atoms with Crippen LogP contribution in [0, 0.1) is 5.41 Å². The van der Waals surface area contributed by atoms with Crippen molar-refractivity contribution in [2.24, 2.45) is 11.5 Å². The van der Waals surface area contributed by atoms with Gasteiger partial charge in [0.1, 0.15) is 11.9 Å². The molecule has 0 heterocycles. The highest BCUT2D eigenvalue weighted by molar-refractivity contribution is 5.94. The molecule has 1 atom stereocenters. The molecule has 1 unspecified atom stereocenters. The van der Waals surface area contributed by atoms with Crippen LogP contribution >= 0.6 is 0 Å². The maximum Gasteiger partial charge on any atom is 0.416 e. The zero-order valence-electron chi connectivity index (χ0n) is 17.9. The number of halogens is 3. The number of carbonyl (C=O) groups excluding carboxylic acids is 2. The Kier molecular flexibility index (Phi) is 10.4. The van der Waals surface area contributed by atoms with Crippen LogP contribution in [0.5, 0.6) is 0 Å². The molecule has 7 nitrogen and oxygen atoms in total. The summed E-state index contributed by atoms with van der Waals surface area (Å²) in [4.78, 5) is 22.8. The van der Waals surface area contributed by atoms with Crippen LogP contribution in [0.1, 0.15) is 36.1 Å². The predicted molar refractivity (Wildman–Crippen MR) is 117 cm³/mol. The monoisotopic (exact) mass is 451 g/mol. The van der Waals surface area contributed by atoms with E-state index in [4.69, 9.17) is 16.9 Å². The molecule has 174 valence electrons. The number of aryl methyl sites for hydroxylation is 1. The molecule has 2 rings (SSSR count). The molecule has 0 saturated carbocycles. The minimum absolute atomic E-state index is 0.00120. The van der Waals surface area contributed by atoms with Crippen molar-refractivity contribution in [3.05, 3.63) is 70.8 Å². The second kappa shape index (κ2) is 12.5.